The zero-order valence-electron chi connectivity index (χ0n) is 17.6. The smallest absolute Gasteiger partial charge is 0.338 e. The van der Waals surface area contributed by atoms with Crippen molar-refractivity contribution < 1.29 is 23.9 Å². The van der Waals surface area contributed by atoms with Gasteiger partial charge in [0.2, 0.25) is 0 Å². The highest BCUT2D eigenvalue weighted by molar-refractivity contribution is 6.36. The lowest BCUT2D eigenvalue weighted by molar-refractivity contribution is -0.119. The predicted molar refractivity (Wildman–Crippen MR) is 125 cm³/mol. The molecule has 1 aliphatic rings. The van der Waals surface area contributed by atoms with Crippen LogP contribution in [0.3, 0.4) is 0 Å². The van der Waals surface area contributed by atoms with Crippen LogP contribution in [0.1, 0.15) is 36.6 Å². The zero-order valence-corrected chi connectivity index (χ0v) is 19.1. The number of pyridine rings is 1. The quantitative estimate of drug-likeness (QED) is 0.390. The molecule has 0 unspecified atom stereocenters. The topological polar surface area (TPSA) is 106 Å². The molecule has 8 nitrogen and oxygen atoms in total. The van der Waals surface area contributed by atoms with Crippen molar-refractivity contribution in [3.05, 3.63) is 93.1 Å². The third-order valence-corrected chi connectivity index (χ3v) is 5.57. The highest BCUT2D eigenvalue weighted by Gasteiger charge is 2.35. The Labute approximate surface area is 204 Å². The third-order valence-electron chi connectivity index (χ3n) is 5.07. The monoisotopic (exact) mass is 497 g/mol. The van der Waals surface area contributed by atoms with E-state index in [1.54, 1.807) is 0 Å². The van der Waals surface area contributed by atoms with Crippen LogP contribution in [0, 0.1) is 0 Å². The van der Waals surface area contributed by atoms with Gasteiger partial charge in [0.1, 0.15) is 0 Å². The van der Waals surface area contributed by atoms with E-state index in [0.29, 0.717) is 11.4 Å². The Morgan fingerprint density at radius 1 is 0.971 bits per heavy atom. The Bertz CT molecular complexity index is 1300. The molecule has 172 valence electrons. The minimum atomic E-state index is -0.823. The highest BCUT2D eigenvalue weighted by atomic mass is 35.5. The van der Waals surface area contributed by atoms with Crippen LogP contribution in [0.4, 0.5) is 5.82 Å². The van der Waals surface area contributed by atoms with Gasteiger partial charge >= 0.3 is 5.97 Å². The van der Waals surface area contributed by atoms with Crippen LogP contribution < -0.4 is 5.32 Å². The van der Waals surface area contributed by atoms with Crippen LogP contribution >= 0.6 is 23.2 Å². The Balaban J connectivity index is 1.37. The third kappa shape index (κ3) is 5.08. The number of benzene rings is 2. The van der Waals surface area contributed by atoms with Crippen molar-refractivity contribution in [2.75, 3.05) is 18.5 Å². The molecule has 1 N–H and O–H groups in total. The summed E-state index contributed by atoms with van der Waals surface area (Å²) in [6, 6.07) is 15.0. The number of aromatic nitrogens is 1. The van der Waals surface area contributed by atoms with Gasteiger partial charge in [-0.15, -0.1) is 0 Å². The van der Waals surface area contributed by atoms with E-state index < -0.39 is 30.3 Å². The number of esters is 1. The summed E-state index contributed by atoms with van der Waals surface area (Å²) in [5.41, 5.74) is 1.38. The van der Waals surface area contributed by atoms with Crippen LogP contribution in [-0.2, 0) is 16.0 Å². The Morgan fingerprint density at radius 2 is 1.71 bits per heavy atom. The number of amides is 3. The fourth-order valence-electron chi connectivity index (χ4n) is 3.40. The summed E-state index contributed by atoms with van der Waals surface area (Å²) in [5.74, 6) is -2.31. The van der Waals surface area contributed by atoms with Gasteiger partial charge in [-0.05, 0) is 36.2 Å². The van der Waals surface area contributed by atoms with Gasteiger partial charge in [0.05, 0.1) is 26.7 Å². The second-order valence-corrected chi connectivity index (χ2v) is 8.21. The first-order valence-electron chi connectivity index (χ1n) is 10.2. The molecule has 0 aliphatic carbocycles. The molecule has 0 saturated heterocycles. The maximum Gasteiger partial charge on any atom is 0.338 e. The van der Waals surface area contributed by atoms with Crippen LogP contribution in [0.5, 0.6) is 0 Å². The van der Waals surface area contributed by atoms with Gasteiger partial charge in [-0.3, -0.25) is 19.3 Å². The lowest BCUT2D eigenvalue weighted by Crippen LogP contribution is -2.31. The maximum atomic E-state index is 12.8. The first-order valence-corrected chi connectivity index (χ1v) is 10.9. The minimum Gasteiger partial charge on any atom is -0.452 e. The van der Waals surface area contributed by atoms with Gasteiger partial charge in [-0.25, -0.2) is 9.78 Å². The van der Waals surface area contributed by atoms with E-state index >= 15 is 0 Å². The molecule has 4 rings (SSSR count). The van der Waals surface area contributed by atoms with Crippen molar-refractivity contribution in [1.82, 2.24) is 9.88 Å². The van der Waals surface area contributed by atoms with E-state index in [0.717, 1.165) is 10.5 Å². The van der Waals surface area contributed by atoms with E-state index in [2.05, 4.69) is 10.3 Å². The average Bonchev–Trinajstić information content (AvgIpc) is 3.07. The predicted octanol–water partition coefficient (Wildman–Crippen LogP) is 4.02. The molecule has 3 amide bonds. The van der Waals surface area contributed by atoms with E-state index in [-0.39, 0.29) is 34.1 Å². The number of fused-ring (bicyclic) bond motifs is 1. The highest BCUT2D eigenvalue weighted by Crippen LogP contribution is 2.25. The molecular weight excluding hydrogens is 481 g/mol. The summed E-state index contributed by atoms with van der Waals surface area (Å²) in [5, 5.41) is 2.84. The summed E-state index contributed by atoms with van der Waals surface area (Å²) in [4.78, 5) is 55.0. The number of hydrogen-bond donors (Lipinski definition) is 1. The standard InChI is InChI=1S/C24H17Cl2N3O5/c25-16-11-19(26)21(27-12-16)28-20(30)13-34-24(33)15-6-7-17-18(10-15)23(32)29(22(17)31)9-8-14-4-2-1-3-5-14/h1-7,10-12H,8-9,13H2,(H,27,28,30). The Kier molecular flexibility index (Phi) is 6.90. The van der Waals surface area contributed by atoms with E-state index in [9.17, 15) is 19.2 Å². The number of rotatable bonds is 7. The van der Waals surface area contributed by atoms with Crippen molar-refractivity contribution in [1.29, 1.82) is 0 Å². The molecule has 2 aromatic carbocycles. The summed E-state index contributed by atoms with van der Waals surface area (Å²) in [6.45, 7) is -0.385. The van der Waals surface area contributed by atoms with Gasteiger partial charge in [-0.1, -0.05) is 53.5 Å². The first-order chi connectivity index (χ1) is 16.3. The van der Waals surface area contributed by atoms with Crippen molar-refractivity contribution >= 4 is 52.7 Å². The van der Waals surface area contributed by atoms with Gasteiger partial charge in [0.25, 0.3) is 17.7 Å². The van der Waals surface area contributed by atoms with Crippen molar-refractivity contribution in [3.63, 3.8) is 0 Å². The van der Waals surface area contributed by atoms with Gasteiger partial charge in [-0.2, -0.15) is 0 Å². The van der Waals surface area contributed by atoms with Crippen LogP contribution in [0.25, 0.3) is 0 Å². The number of nitrogens with one attached hydrogen (secondary N) is 1. The summed E-state index contributed by atoms with van der Waals surface area (Å²) < 4.78 is 5.02. The molecule has 0 atom stereocenters. The number of imide groups is 1. The minimum absolute atomic E-state index is 0.0419. The van der Waals surface area contributed by atoms with Crippen molar-refractivity contribution in [2.45, 2.75) is 6.42 Å². The fourth-order valence-corrected chi connectivity index (χ4v) is 3.82. The van der Waals surface area contributed by atoms with Crippen LogP contribution in [0.2, 0.25) is 10.0 Å². The number of carbonyl (C=O) groups is 4. The number of nitrogens with zero attached hydrogens (tertiary/aromatic N) is 2. The Morgan fingerprint density at radius 3 is 2.44 bits per heavy atom. The summed E-state index contributed by atoms with van der Waals surface area (Å²) in [6.07, 6.45) is 1.82. The van der Waals surface area contributed by atoms with Gasteiger partial charge < -0.3 is 10.1 Å². The van der Waals surface area contributed by atoms with E-state index in [1.165, 1.54) is 30.5 Å². The molecule has 3 aromatic rings. The van der Waals surface area contributed by atoms with Crippen LogP contribution in [-0.4, -0.2) is 46.7 Å². The molecule has 2 heterocycles. The molecular formula is C24H17Cl2N3O5. The average molecular weight is 498 g/mol. The van der Waals surface area contributed by atoms with Crippen molar-refractivity contribution in [3.8, 4) is 0 Å². The zero-order chi connectivity index (χ0) is 24.2. The fraction of sp³-hybridized carbons (Fsp3) is 0.125. The molecule has 0 radical (unpaired) electrons. The molecule has 10 heteroatoms. The molecule has 1 aromatic heterocycles. The van der Waals surface area contributed by atoms with Gasteiger partial charge in [0.15, 0.2) is 12.4 Å². The van der Waals surface area contributed by atoms with E-state index in [4.69, 9.17) is 27.9 Å². The number of anilines is 1. The summed E-state index contributed by atoms with van der Waals surface area (Å²) >= 11 is 11.7. The SMILES string of the molecule is O=C(COC(=O)c1ccc2c(c1)C(=O)N(CCc1ccccc1)C2=O)Nc1ncc(Cl)cc1Cl. The molecule has 34 heavy (non-hydrogen) atoms. The van der Waals surface area contributed by atoms with Crippen molar-refractivity contribution in [2.24, 2.45) is 0 Å². The van der Waals surface area contributed by atoms with Gasteiger partial charge in [0, 0.05) is 12.7 Å². The first kappa shape index (κ1) is 23.4. The van der Waals surface area contributed by atoms with Crippen LogP contribution in [0.15, 0.2) is 60.8 Å². The van der Waals surface area contributed by atoms with E-state index in [1.807, 2.05) is 30.3 Å². The Hall–Kier alpha value is -3.75. The molecule has 1 aliphatic heterocycles. The lowest BCUT2D eigenvalue weighted by atomic mass is 10.1. The number of carbonyl (C=O) groups excluding carboxylic acids is 4. The second kappa shape index (κ2) is 10.0. The number of ether oxygens (including phenoxy) is 1. The second-order valence-electron chi connectivity index (χ2n) is 7.37. The molecule has 0 bridgehead atoms. The lowest BCUT2D eigenvalue weighted by Gasteiger charge is -2.13. The number of hydrogen-bond acceptors (Lipinski definition) is 6. The number of halogens is 2. The molecule has 0 spiro atoms. The largest absolute Gasteiger partial charge is 0.452 e. The normalized spacial score (nSPS) is 12.5. The maximum absolute atomic E-state index is 12.8. The molecule has 0 fully saturated rings. The summed E-state index contributed by atoms with van der Waals surface area (Å²) in [7, 11) is 0. The molecule has 0 saturated carbocycles.